The van der Waals surface area contributed by atoms with E-state index in [9.17, 15) is 30.0 Å². The SMILES string of the molecule is CC/C=C\C/C=C\C/C=C\C/C=C\C/C=C\C/C=C\CCC(=O)N[C@@H](CC(C)C)C(=O)NC1C(O)OC(CO)C(O)C1O. The molecule has 242 valence electrons. The van der Waals surface area contributed by atoms with Gasteiger partial charge in [-0.15, -0.1) is 0 Å². The highest BCUT2D eigenvalue weighted by atomic mass is 16.6. The largest absolute Gasteiger partial charge is 0.394 e. The summed E-state index contributed by atoms with van der Waals surface area (Å²) in [6.07, 6.45) is 26.3. The number of aliphatic hydroxyl groups is 4. The summed E-state index contributed by atoms with van der Waals surface area (Å²) >= 11 is 0. The van der Waals surface area contributed by atoms with Gasteiger partial charge in [0.1, 0.15) is 30.4 Å². The minimum Gasteiger partial charge on any atom is -0.394 e. The maximum Gasteiger partial charge on any atom is 0.243 e. The molecule has 9 nitrogen and oxygen atoms in total. The van der Waals surface area contributed by atoms with Crippen molar-refractivity contribution in [3.63, 3.8) is 0 Å². The summed E-state index contributed by atoms with van der Waals surface area (Å²) in [5.41, 5.74) is 0. The highest BCUT2D eigenvalue weighted by Crippen LogP contribution is 2.20. The normalized spacial score (nSPS) is 24.0. The van der Waals surface area contributed by atoms with Gasteiger partial charge in [-0.3, -0.25) is 9.59 Å². The third-order valence-corrected chi connectivity index (χ3v) is 6.70. The van der Waals surface area contributed by atoms with Crippen molar-refractivity contribution >= 4 is 11.8 Å². The van der Waals surface area contributed by atoms with Gasteiger partial charge in [0, 0.05) is 6.42 Å². The molecule has 0 spiro atoms. The van der Waals surface area contributed by atoms with Gasteiger partial charge in [0.15, 0.2) is 6.29 Å². The molecule has 0 aromatic rings. The summed E-state index contributed by atoms with van der Waals surface area (Å²) in [5, 5.41) is 45.0. The van der Waals surface area contributed by atoms with Crippen LogP contribution in [0.5, 0.6) is 0 Å². The number of carbonyl (C=O) groups is 2. The average Bonchev–Trinajstić information content (AvgIpc) is 2.97. The van der Waals surface area contributed by atoms with Gasteiger partial charge in [-0.1, -0.05) is 93.7 Å². The Morgan fingerprint density at radius 3 is 1.72 bits per heavy atom. The summed E-state index contributed by atoms with van der Waals surface area (Å²) in [4.78, 5) is 25.4. The Bertz CT molecular complexity index is 954. The quantitative estimate of drug-likeness (QED) is 0.116. The zero-order valence-electron chi connectivity index (χ0n) is 26.1. The lowest BCUT2D eigenvalue weighted by Gasteiger charge is -2.40. The molecular formula is C34H54N2O7. The van der Waals surface area contributed by atoms with Crippen LogP contribution in [0.4, 0.5) is 0 Å². The molecule has 5 unspecified atom stereocenters. The Morgan fingerprint density at radius 2 is 1.26 bits per heavy atom. The molecule has 6 atom stereocenters. The molecule has 0 aliphatic carbocycles. The molecule has 1 saturated heterocycles. The van der Waals surface area contributed by atoms with Crippen LogP contribution in [-0.2, 0) is 14.3 Å². The van der Waals surface area contributed by atoms with E-state index in [1.807, 2.05) is 26.0 Å². The van der Waals surface area contributed by atoms with Crippen LogP contribution in [0.1, 0.15) is 78.6 Å². The summed E-state index contributed by atoms with van der Waals surface area (Å²) < 4.78 is 5.09. The fourth-order valence-electron chi connectivity index (χ4n) is 4.34. The predicted octanol–water partition coefficient (Wildman–Crippen LogP) is 3.91. The van der Waals surface area contributed by atoms with Crippen molar-refractivity contribution in [2.75, 3.05) is 6.61 Å². The van der Waals surface area contributed by atoms with Crippen molar-refractivity contribution in [1.29, 1.82) is 0 Å². The van der Waals surface area contributed by atoms with E-state index in [1.165, 1.54) is 0 Å². The van der Waals surface area contributed by atoms with Crippen molar-refractivity contribution in [2.24, 2.45) is 5.92 Å². The molecule has 1 aliphatic rings. The van der Waals surface area contributed by atoms with Crippen molar-refractivity contribution < 1.29 is 34.8 Å². The molecule has 1 rings (SSSR count). The number of carbonyl (C=O) groups excluding carboxylic acids is 2. The third kappa shape index (κ3) is 17.2. The number of hydrogen-bond donors (Lipinski definition) is 6. The average molecular weight is 603 g/mol. The lowest BCUT2D eigenvalue weighted by molar-refractivity contribution is -0.254. The molecule has 0 aromatic carbocycles. The Hall–Kier alpha value is -2.82. The van der Waals surface area contributed by atoms with Crippen molar-refractivity contribution in [3.8, 4) is 0 Å². The van der Waals surface area contributed by atoms with Crippen LogP contribution in [0.15, 0.2) is 72.9 Å². The zero-order chi connectivity index (χ0) is 31.9. The highest BCUT2D eigenvalue weighted by Gasteiger charge is 2.44. The number of hydrogen-bond acceptors (Lipinski definition) is 7. The summed E-state index contributed by atoms with van der Waals surface area (Å²) in [7, 11) is 0. The zero-order valence-corrected chi connectivity index (χ0v) is 26.1. The number of allylic oxidation sites excluding steroid dienone is 12. The second-order valence-corrected chi connectivity index (χ2v) is 11.0. The van der Waals surface area contributed by atoms with Gasteiger partial charge in [-0.2, -0.15) is 0 Å². The molecule has 2 amide bonds. The number of aliphatic hydroxyl groups excluding tert-OH is 4. The molecule has 43 heavy (non-hydrogen) atoms. The Morgan fingerprint density at radius 1 is 0.767 bits per heavy atom. The monoisotopic (exact) mass is 602 g/mol. The van der Waals surface area contributed by atoms with E-state index < -0.39 is 49.2 Å². The topological polar surface area (TPSA) is 148 Å². The highest BCUT2D eigenvalue weighted by molar-refractivity contribution is 5.87. The minimum atomic E-state index is -1.62. The first-order chi connectivity index (χ1) is 20.7. The smallest absolute Gasteiger partial charge is 0.243 e. The molecule has 0 radical (unpaired) electrons. The van der Waals surface area contributed by atoms with Crippen LogP contribution in [-0.4, -0.2) is 75.5 Å². The maximum absolute atomic E-state index is 12.9. The summed E-state index contributed by atoms with van der Waals surface area (Å²) in [6.45, 7) is 5.35. The van der Waals surface area contributed by atoms with E-state index in [2.05, 4.69) is 78.3 Å². The van der Waals surface area contributed by atoms with Gasteiger partial charge in [-0.05, 0) is 57.3 Å². The van der Waals surface area contributed by atoms with Crippen LogP contribution >= 0.6 is 0 Å². The first-order valence-corrected chi connectivity index (χ1v) is 15.5. The van der Waals surface area contributed by atoms with Crippen molar-refractivity contribution in [2.45, 2.75) is 115 Å². The summed E-state index contributed by atoms with van der Waals surface area (Å²) in [5.74, 6) is -0.805. The van der Waals surface area contributed by atoms with Crippen molar-refractivity contribution in [1.82, 2.24) is 10.6 Å². The molecule has 0 aromatic heterocycles. The Labute approximate surface area is 257 Å². The second-order valence-electron chi connectivity index (χ2n) is 11.0. The standard InChI is InChI=1S/C34H54N2O7/c1-4-5-6-7-8-9-10-11-12-13-14-15-16-17-18-19-20-21-22-23-29(38)35-27(24-26(2)3)33(41)36-30-32(40)31(39)28(25-37)43-34(30)42/h5-6,8-9,11-12,14-15,17-18,20-21,26-28,30-32,34,37,39-40,42H,4,7,10,13,16,19,22-25H2,1-3H3,(H,35,38)(H,36,41)/b6-5-,9-8-,12-11-,15-14-,18-17-,21-20-/t27-,28?,30?,31?,32?,34?/m0/s1. The molecule has 1 aliphatic heterocycles. The molecule has 1 fully saturated rings. The van der Waals surface area contributed by atoms with E-state index in [-0.39, 0.29) is 18.2 Å². The number of ether oxygens (including phenoxy) is 1. The molecule has 1 heterocycles. The van der Waals surface area contributed by atoms with Crippen LogP contribution in [0, 0.1) is 5.92 Å². The number of amides is 2. The van der Waals surface area contributed by atoms with E-state index in [0.717, 1.165) is 38.5 Å². The first-order valence-electron chi connectivity index (χ1n) is 15.5. The van der Waals surface area contributed by atoms with Gasteiger partial charge < -0.3 is 35.8 Å². The van der Waals surface area contributed by atoms with Crippen LogP contribution in [0.2, 0.25) is 0 Å². The summed E-state index contributed by atoms with van der Waals surface area (Å²) in [6, 6.07) is -2.19. The van der Waals surface area contributed by atoms with Crippen LogP contribution in [0.25, 0.3) is 0 Å². The van der Waals surface area contributed by atoms with Gasteiger partial charge in [0.05, 0.1) is 6.61 Å². The van der Waals surface area contributed by atoms with E-state index in [1.54, 1.807) is 0 Å². The third-order valence-electron chi connectivity index (χ3n) is 6.70. The fraction of sp³-hybridized carbons (Fsp3) is 0.588. The predicted molar refractivity (Wildman–Crippen MR) is 171 cm³/mol. The molecule has 6 N–H and O–H groups in total. The van der Waals surface area contributed by atoms with Gasteiger partial charge in [0.25, 0.3) is 0 Å². The van der Waals surface area contributed by atoms with Crippen LogP contribution in [0.3, 0.4) is 0 Å². The second kappa shape index (κ2) is 23.6. The van der Waals surface area contributed by atoms with Crippen molar-refractivity contribution in [3.05, 3.63) is 72.9 Å². The van der Waals surface area contributed by atoms with Gasteiger partial charge >= 0.3 is 0 Å². The van der Waals surface area contributed by atoms with E-state index in [0.29, 0.717) is 12.8 Å². The molecule has 0 bridgehead atoms. The van der Waals surface area contributed by atoms with E-state index >= 15 is 0 Å². The molecule has 9 heteroatoms. The fourth-order valence-corrected chi connectivity index (χ4v) is 4.34. The lowest BCUT2D eigenvalue weighted by Crippen LogP contribution is -2.65. The van der Waals surface area contributed by atoms with Gasteiger partial charge in [0.2, 0.25) is 11.8 Å². The first kappa shape index (κ1) is 38.2. The maximum atomic E-state index is 12.9. The molecular weight excluding hydrogens is 548 g/mol. The molecule has 0 saturated carbocycles. The Balaban J connectivity index is 2.33. The lowest BCUT2D eigenvalue weighted by atomic mass is 9.96. The minimum absolute atomic E-state index is 0.0845. The van der Waals surface area contributed by atoms with Crippen LogP contribution < -0.4 is 10.6 Å². The number of rotatable bonds is 20. The van der Waals surface area contributed by atoms with Gasteiger partial charge in [-0.25, -0.2) is 0 Å². The Kier molecular flexibility index (Phi) is 21.0. The number of nitrogens with one attached hydrogen (secondary N) is 2. The van der Waals surface area contributed by atoms with E-state index in [4.69, 9.17) is 4.74 Å².